The highest BCUT2D eigenvalue weighted by Gasteiger charge is 2.52. The van der Waals surface area contributed by atoms with E-state index in [-0.39, 0.29) is 12.3 Å². The van der Waals surface area contributed by atoms with Crippen LogP contribution in [0.2, 0.25) is 0 Å². The highest BCUT2D eigenvalue weighted by atomic mass is 32.1. The molecular weight excluding hydrogens is 311 g/mol. The number of ether oxygens (including phenoxy) is 1. The fraction of sp³-hybridized carbons (Fsp3) is 0.556. The van der Waals surface area contributed by atoms with Crippen LogP contribution in [0.1, 0.15) is 21.6 Å². The number of primary amides is 1. The van der Waals surface area contributed by atoms with Gasteiger partial charge >= 0.3 is 7.82 Å². The number of thiazole rings is 1. The van der Waals surface area contributed by atoms with Crippen LogP contribution in [0.3, 0.4) is 0 Å². The second kappa shape index (κ2) is 4.85. The fourth-order valence-corrected chi connectivity index (χ4v) is 3.94. The van der Waals surface area contributed by atoms with Crippen molar-refractivity contribution >= 4 is 25.1 Å². The third-order valence-corrected chi connectivity index (χ3v) is 4.90. The third-order valence-electron chi connectivity index (χ3n) is 3.01. The molecule has 9 nitrogen and oxygen atoms in total. The van der Waals surface area contributed by atoms with Gasteiger partial charge in [0.15, 0.2) is 0 Å². The molecule has 5 unspecified atom stereocenters. The van der Waals surface area contributed by atoms with Crippen molar-refractivity contribution in [3.63, 3.8) is 0 Å². The van der Waals surface area contributed by atoms with Crippen molar-refractivity contribution in [2.24, 2.45) is 5.73 Å². The summed E-state index contributed by atoms with van der Waals surface area (Å²) in [6.07, 6.45) is -3.70. The Bertz CT molecular complexity index is 593. The summed E-state index contributed by atoms with van der Waals surface area (Å²) in [5.41, 5.74) is 5.17. The van der Waals surface area contributed by atoms with Gasteiger partial charge in [-0.05, 0) is 0 Å². The average Bonchev–Trinajstić information content (AvgIpc) is 2.95. The van der Waals surface area contributed by atoms with Crippen LogP contribution in [0.15, 0.2) is 5.38 Å². The van der Waals surface area contributed by atoms with Gasteiger partial charge in [0.25, 0.3) is 5.91 Å². The maximum absolute atomic E-state index is 11.3. The summed E-state index contributed by atoms with van der Waals surface area (Å²) in [6, 6.07) is 0. The lowest BCUT2D eigenvalue weighted by Crippen LogP contribution is -2.38. The van der Waals surface area contributed by atoms with Crippen molar-refractivity contribution in [3.05, 3.63) is 16.1 Å². The average molecular weight is 322 g/mol. The van der Waals surface area contributed by atoms with Crippen LogP contribution >= 0.6 is 19.2 Å². The number of nitrogens with two attached hydrogens (primary N) is 1. The Kier molecular flexibility index (Phi) is 3.41. The number of rotatable bonds is 2. The molecule has 0 aliphatic carbocycles. The number of aromatic nitrogens is 1. The van der Waals surface area contributed by atoms with E-state index in [9.17, 15) is 19.4 Å². The number of phosphoric ester groups is 1. The molecule has 110 valence electrons. The van der Waals surface area contributed by atoms with Crippen molar-refractivity contribution in [1.82, 2.24) is 4.98 Å². The summed E-state index contributed by atoms with van der Waals surface area (Å²) >= 11 is 1.10. The number of nitrogens with zero attached hydrogens (tertiary/aromatic N) is 1. The summed E-state index contributed by atoms with van der Waals surface area (Å²) in [5.74, 6) is -0.683. The lowest BCUT2D eigenvalue weighted by Gasteiger charge is -2.28. The lowest BCUT2D eigenvalue weighted by molar-refractivity contribution is -0.0546. The van der Waals surface area contributed by atoms with Crippen molar-refractivity contribution in [1.29, 1.82) is 0 Å². The van der Waals surface area contributed by atoms with Gasteiger partial charge in [-0.15, -0.1) is 11.3 Å². The van der Waals surface area contributed by atoms with Gasteiger partial charge in [-0.3, -0.25) is 13.8 Å². The van der Waals surface area contributed by atoms with Gasteiger partial charge in [-0.2, -0.15) is 0 Å². The van der Waals surface area contributed by atoms with Gasteiger partial charge < -0.3 is 20.5 Å². The number of fused-ring (bicyclic) bond motifs is 1. The number of carbonyl (C=O) groups excluding carboxylic acids is 1. The minimum Gasteiger partial charge on any atom is -0.387 e. The molecule has 3 heterocycles. The molecule has 2 fully saturated rings. The summed E-state index contributed by atoms with van der Waals surface area (Å²) < 4.78 is 26.3. The van der Waals surface area contributed by atoms with E-state index in [0.717, 1.165) is 11.3 Å². The Morgan fingerprint density at radius 1 is 1.60 bits per heavy atom. The van der Waals surface area contributed by atoms with E-state index >= 15 is 0 Å². The molecular formula is C9H11N2O7PS. The van der Waals surface area contributed by atoms with Crippen LogP contribution in [0.5, 0.6) is 0 Å². The molecule has 1 amide bonds. The fourth-order valence-electron chi connectivity index (χ4n) is 2.09. The van der Waals surface area contributed by atoms with Crippen LogP contribution < -0.4 is 5.73 Å². The quantitative estimate of drug-likeness (QED) is 0.622. The molecule has 0 saturated carbocycles. The van der Waals surface area contributed by atoms with Crippen molar-refractivity contribution in [2.45, 2.75) is 24.4 Å². The topological polar surface area (TPSA) is 141 Å². The Hall–Kier alpha value is -0.870. The van der Waals surface area contributed by atoms with E-state index in [1.165, 1.54) is 5.38 Å². The summed E-state index contributed by atoms with van der Waals surface area (Å²) in [7, 11) is -4.15. The Morgan fingerprint density at radius 3 is 3.00 bits per heavy atom. The Balaban J connectivity index is 1.82. The molecule has 11 heteroatoms. The largest absolute Gasteiger partial charge is 0.472 e. The molecule has 4 N–H and O–H groups in total. The van der Waals surface area contributed by atoms with Gasteiger partial charge in [0, 0.05) is 5.38 Å². The first-order valence-corrected chi connectivity index (χ1v) is 7.99. The lowest BCUT2D eigenvalue weighted by atomic mass is 10.1. The van der Waals surface area contributed by atoms with Crippen molar-refractivity contribution in [3.8, 4) is 0 Å². The highest BCUT2D eigenvalue weighted by molar-refractivity contribution is 7.47. The standard InChI is InChI=1S/C9H11N2O7PS/c10-8(13)3-2-20-9(11-3)7-5(12)6-4(17-7)1-16-19(14,15)18-6/h2,4-7,12H,1H2,(H2,10,13)(H,14,15). The Morgan fingerprint density at radius 2 is 2.35 bits per heavy atom. The zero-order valence-electron chi connectivity index (χ0n) is 9.91. The van der Waals surface area contributed by atoms with Gasteiger partial charge in [0.1, 0.15) is 35.1 Å². The molecule has 2 aliphatic rings. The number of phosphoric acid groups is 1. The summed E-state index contributed by atoms with van der Waals surface area (Å²) in [6.45, 7) is -0.167. The number of hydrogen-bond donors (Lipinski definition) is 3. The van der Waals surface area contributed by atoms with E-state index < -0.39 is 38.1 Å². The summed E-state index contributed by atoms with van der Waals surface area (Å²) in [4.78, 5) is 24.2. The Labute approximate surface area is 116 Å². The molecule has 0 spiro atoms. The van der Waals surface area contributed by atoms with Crippen LogP contribution in [-0.4, -0.2) is 45.8 Å². The molecule has 5 atom stereocenters. The predicted molar refractivity (Wildman–Crippen MR) is 64.9 cm³/mol. The molecule has 3 rings (SSSR count). The maximum atomic E-state index is 11.3. The smallest absolute Gasteiger partial charge is 0.387 e. The monoisotopic (exact) mass is 322 g/mol. The first-order valence-electron chi connectivity index (χ1n) is 5.62. The van der Waals surface area contributed by atoms with Crippen LogP contribution in [0.4, 0.5) is 0 Å². The van der Waals surface area contributed by atoms with E-state index in [4.69, 9.17) is 15.0 Å². The van der Waals surface area contributed by atoms with E-state index in [1.54, 1.807) is 0 Å². The molecule has 20 heavy (non-hydrogen) atoms. The van der Waals surface area contributed by atoms with E-state index in [2.05, 4.69) is 9.51 Å². The molecule has 0 radical (unpaired) electrons. The van der Waals surface area contributed by atoms with Crippen molar-refractivity contribution < 1.29 is 33.1 Å². The zero-order valence-corrected chi connectivity index (χ0v) is 11.6. The minimum absolute atomic E-state index is 0.0701. The molecule has 1 aromatic rings. The SMILES string of the molecule is NC(=O)c1csc(C2OC3COP(=O)(O)OC3C2O)n1. The number of aliphatic hydroxyl groups excluding tert-OH is 1. The van der Waals surface area contributed by atoms with E-state index in [1.807, 2.05) is 0 Å². The molecule has 0 bridgehead atoms. The van der Waals surface area contributed by atoms with Crippen molar-refractivity contribution in [2.75, 3.05) is 6.61 Å². The number of carbonyl (C=O) groups is 1. The second-order valence-electron chi connectivity index (χ2n) is 4.36. The number of aliphatic hydroxyl groups is 1. The van der Waals surface area contributed by atoms with E-state index in [0.29, 0.717) is 5.01 Å². The van der Waals surface area contributed by atoms with Gasteiger partial charge in [-0.1, -0.05) is 0 Å². The third kappa shape index (κ3) is 2.40. The number of hydrogen-bond acceptors (Lipinski definition) is 8. The number of amides is 1. The first-order chi connectivity index (χ1) is 9.37. The molecule has 1 aromatic heterocycles. The summed E-state index contributed by atoms with van der Waals surface area (Å²) in [5, 5.41) is 11.9. The minimum atomic E-state index is -4.15. The molecule has 2 aliphatic heterocycles. The first kappa shape index (κ1) is 14.1. The molecule has 0 aromatic carbocycles. The van der Waals surface area contributed by atoms with Gasteiger partial charge in [0.2, 0.25) is 0 Å². The second-order valence-corrected chi connectivity index (χ2v) is 6.65. The van der Waals surface area contributed by atoms with Gasteiger partial charge in [0.05, 0.1) is 6.61 Å². The van der Waals surface area contributed by atoms with Crippen LogP contribution in [0, 0.1) is 0 Å². The zero-order chi connectivity index (χ0) is 14.5. The highest BCUT2D eigenvalue weighted by Crippen LogP contribution is 2.53. The predicted octanol–water partition coefficient (Wildman–Crippen LogP) is -0.441. The van der Waals surface area contributed by atoms with Gasteiger partial charge in [-0.25, -0.2) is 9.55 Å². The maximum Gasteiger partial charge on any atom is 0.472 e. The molecule has 2 saturated heterocycles. The van der Waals surface area contributed by atoms with Crippen LogP contribution in [0.25, 0.3) is 0 Å². The normalized spacial score (nSPS) is 40.5. The van der Waals surface area contributed by atoms with Crippen LogP contribution in [-0.2, 0) is 18.3 Å².